The van der Waals surface area contributed by atoms with Crippen LogP contribution in [0.2, 0.25) is 0 Å². The van der Waals surface area contributed by atoms with Gasteiger partial charge < -0.3 is 24.6 Å². The lowest BCUT2D eigenvalue weighted by molar-refractivity contribution is -0.139. The van der Waals surface area contributed by atoms with Crippen LogP contribution in [0.4, 0.5) is 0 Å². The Morgan fingerprint density at radius 1 is 1.15 bits per heavy atom. The van der Waals surface area contributed by atoms with Crippen molar-refractivity contribution in [3.8, 4) is 0 Å². The maximum atomic E-state index is 13.2. The Bertz CT molecular complexity index is 1130. The van der Waals surface area contributed by atoms with Crippen molar-refractivity contribution in [3.63, 3.8) is 0 Å². The molecule has 1 aliphatic rings. The Morgan fingerprint density at radius 3 is 2.38 bits per heavy atom. The zero-order valence-corrected chi connectivity index (χ0v) is 20.7. The number of ether oxygens (including phenoxy) is 1. The van der Waals surface area contributed by atoms with Crippen LogP contribution in [0.25, 0.3) is 5.76 Å². The molecule has 1 fully saturated rings. The first-order valence-corrected chi connectivity index (χ1v) is 11.4. The van der Waals surface area contributed by atoms with E-state index in [1.165, 1.54) is 4.90 Å². The Hall–Kier alpha value is -3.39. The summed E-state index contributed by atoms with van der Waals surface area (Å²) in [5.41, 5.74) is 3.35. The van der Waals surface area contributed by atoms with Crippen LogP contribution in [0.5, 0.6) is 0 Å². The molecule has 0 saturated carbocycles. The maximum Gasteiger partial charge on any atom is 0.355 e. The van der Waals surface area contributed by atoms with Gasteiger partial charge in [0.25, 0.3) is 11.7 Å². The molecule has 1 aliphatic heterocycles. The van der Waals surface area contributed by atoms with E-state index in [9.17, 15) is 19.5 Å². The molecule has 182 valence electrons. The van der Waals surface area contributed by atoms with Gasteiger partial charge in [-0.05, 0) is 65.9 Å². The van der Waals surface area contributed by atoms with Crippen LogP contribution < -0.4 is 0 Å². The standard InChI is InChI=1S/C26H33N3O5/c1-7-34-26(33)21-16(3)19(17(4)27-21)23(30)20-22(18-11-9-15(2)10-12-18)29(25(32)24(20)31)14-8-13-28(5)6/h9-12,22,27,30H,7-8,13-14H2,1-6H3/t22-/m1/s1. The summed E-state index contributed by atoms with van der Waals surface area (Å²) in [5, 5.41) is 11.4. The third-order valence-electron chi connectivity index (χ3n) is 6.09. The molecule has 1 aromatic carbocycles. The van der Waals surface area contributed by atoms with Crippen molar-refractivity contribution in [2.24, 2.45) is 0 Å². The van der Waals surface area contributed by atoms with Gasteiger partial charge in [0.05, 0.1) is 18.2 Å². The summed E-state index contributed by atoms with van der Waals surface area (Å²) in [6, 6.07) is 6.86. The number of ketones is 1. The number of benzene rings is 1. The van der Waals surface area contributed by atoms with Crippen LogP contribution >= 0.6 is 0 Å². The van der Waals surface area contributed by atoms with Crippen LogP contribution in [0, 0.1) is 20.8 Å². The molecule has 0 radical (unpaired) electrons. The van der Waals surface area contributed by atoms with Crippen molar-refractivity contribution in [3.05, 3.63) is 63.5 Å². The molecular weight excluding hydrogens is 434 g/mol. The van der Waals surface area contributed by atoms with E-state index in [0.29, 0.717) is 29.8 Å². The van der Waals surface area contributed by atoms with Gasteiger partial charge in [0.2, 0.25) is 0 Å². The summed E-state index contributed by atoms with van der Waals surface area (Å²) < 4.78 is 5.10. The van der Waals surface area contributed by atoms with Gasteiger partial charge in [-0.15, -0.1) is 0 Å². The number of Topliss-reactive ketones (excluding diaryl/α,β-unsaturated/α-hetero) is 1. The number of aryl methyl sites for hydroxylation is 2. The van der Waals surface area contributed by atoms with Gasteiger partial charge in [-0.3, -0.25) is 9.59 Å². The number of hydrogen-bond donors (Lipinski definition) is 2. The molecule has 2 heterocycles. The third-order valence-corrected chi connectivity index (χ3v) is 6.09. The van der Waals surface area contributed by atoms with Crippen molar-refractivity contribution in [1.29, 1.82) is 0 Å². The molecule has 8 nitrogen and oxygen atoms in total. The predicted molar refractivity (Wildman–Crippen MR) is 130 cm³/mol. The highest BCUT2D eigenvalue weighted by atomic mass is 16.5. The first-order chi connectivity index (χ1) is 16.1. The summed E-state index contributed by atoms with van der Waals surface area (Å²) in [6.07, 6.45) is 0.678. The topological polar surface area (TPSA) is 103 Å². The molecule has 8 heteroatoms. The smallest absolute Gasteiger partial charge is 0.355 e. The number of esters is 1. The molecule has 2 aromatic rings. The zero-order chi connectivity index (χ0) is 25.2. The average Bonchev–Trinajstić information content (AvgIpc) is 3.21. The van der Waals surface area contributed by atoms with Crippen molar-refractivity contribution in [1.82, 2.24) is 14.8 Å². The molecule has 2 N–H and O–H groups in total. The van der Waals surface area contributed by atoms with Gasteiger partial charge in [0.1, 0.15) is 11.5 Å². The molecule has 0 spiro atoms. The quantitative estimate of drug-likeness (QED) is 0.267. The van der Waals surface area contributed by atoms with Gasteiger partial charge in [0.15, 0.2) is 0 Å². The fraction of sp³-hybridized carbons (Fsp3) is 0.423. The Morgan fingerprint density at radius 2 is 1.79 bits per heavy atom. The first-order valence-electron chi connectivity index (χ1n) is 11.4. The number of nitrogens with zero attached hydrogens (tertiary/aromatic N) is 2. The largest absolute Gasteiger partial charge is 0.507 e. The number of likely N-dealkylation sites (tertiary alicyclic amines) is 1. The highest BCUT2D eigenvalue weighted by Gasteiger charge is 2.46. The summed E-state index contributed by atoms with van der Waals surface area (Å²) in [5.74, 6) is -2.20. The number of aromatic amines is 1. The summed E-state index contributed by atoms with van der Waals surface area (Å²) in [4.78, 5) is 45.2. The van der Waals surface area contributed by atoms with Crippen LogP contribution in [0.1, 0.15) is 57.8 Å². The first kappa shape index (κ1) is 25.2. The minimum absolute atomic E-state index is 0.0271. The Balaban J connectivity index is 2.15. The second-order valence-electron chi connectivity index (χ2n) is 8.91. The van der Waals surface area contributed by atoms with E-state index < -0.39 is 23.7 Å². The van der Waals surface area contributed by atoms with Crippen molar-refractivity contribution in [2.75, 3.05) is 33.8 Å². The number of hydrogen-bond acceptors (Lipinski definition) is 6. The molecule has 34 heavy (non-hydrogen) atoms. The third kappa shape index (κ3) is 4.77. The molecule has 1 amide bonds. The zero-order valence-electron chi connectivity index (χ0n) is 20.7. The van der Waals surface area contributed by atoms with E-state index in [2.05, 4.69) is 4.98 Å². The van der Waals surface area contributed by atoms with Crippen LogP contribution in [0.3, 0.4) is 0 Å². The van der Waals surface area contributed by atoms with E-state index >= 15 is 0 Å². The number of nitrogens with one attached hydrogen (secondary N) is 1. The lowest BCUT2D eigenvalue weighted by Gasteiger charge is -2.26. The molecule has 1 saturated heterocycles. The van der Waals surface area contributed by atoms with Crippen molar-refractivity contribution >= 4 is 23.4 Å². The monoisotopic (exact) mass is 467 g/mol. The van der Waals surface area contributed by atoms with E-state index in [-0.39, 0.29) is 23.6 Å². The lowest BCUT2D eigenvalue weighted by Crippen LogP contribution is -2.32. The molecule has 3 rings (SSSR count). The Labute approximate surface area is 200 Å². The molecular formula is C26H33N3O5. The Kier molecular flexibility index (Phi) is 7.61. The molecule has 0 bridgehead atoms. The SMILES string of the molecule is CCOC(=O)c1[nH]c(C)c(C(O)=C2C(=O)C(=O)N(CCCN(C)C)[C@@H]2c2ccc(C)cc2)c1C. The highest BCUT2D eigenvalue weighted by molar-refractivity contribution is 6.46. The van der Waals surface area contributed by atoms with Gasteiger partial charge in [0, 0.05) is 17.8 Å². The minimum atomic E-state index is -0.731. The second kappa shape index (κ2) is 10.3. The fourth-order valence-corrected chi connectivity index (χ4v) is 4.41. The number of H-pyrrole nitrogens is 1. The number of amides is 1. The van der Waals surface area contributed by atoms with Gasteiger partial charge >= 0.3 is 5.97 Å². The van der Waals surface area contributed by atoms with Gasteiger partial charge in [-0.1, -0.05) is 29.8 Å². The second-order valence-corrected chi connectivity index (χ2v) is 8.91. The highest BCUT2D eigenvalue weighted by Crippen LogP contribution is 2.41. The van der Waals surface area contributed by atoms with Crippen LogP contribution in [-0.2, 0) is 14.3 Å². The molecule has 0 aliphatic carbocycles. The van der Waals surface area contributed by atoms with Crippen molar-refractivity contribution in [2.45, 2.75) is 40.2 Å². The number of aliphatic hydroxyl groups is 1. The van der Waals surface area contributed by atoms with Crippen LogP contribution in [0.15, 0.2) is 29.8 Å². The lowest BCUT2D eigenvalue weighted by atomic mass is 9.93. The molecule has 1 aromatic heterocycles. The maximum absolute atomic E-state index is 13.2. The van der Waals surface area contributed by atoms with Crippen molar-refractivity contribution < 1.29 is 24.2 Å². The summed E-state index contributed by atoms with van der Waals surface area (Å²) >= 11 is 0. The predicted octanol–water partition coefficient (Wildman–Crippen LogP) is 3.49. The number of carbonyl (C=O) groups is 3. The normalized spacial score (nSPS) is 17.6. The minimum Gasteiger partial charge on any atom is -0.507 e. The average molecular weight is 468 g/mol. The van der Waals surface area contributed by atoms with E-state index in [0.717, 1.165) is 17.7 Å². The van der Waals surface area contributed by atoms with Gasteiger partial charge in [-0.25, -0.2) is 4.79 Å². The number of aliphatic hydroxyl groups excluding tert-OH is 1. The van der Waals surface area contributed by atoms with E-state index in [4.69, 9.17) is 4.74 Å². The van der Waals surface area contributed by atoms with E-state index in [1.54, 1.807) is 20.8 Å². The summed E-state index contributed by atoms with van der Waals surface area (Å²) in [7, 11) is 3.90. The number of aromatic nitrogens is 1. The van der Waals surface area contributed by atoms with Gasteiger partial charge in [-0.2, -0.15) is 0 Å². The molecule has 1 atom stereocenters. The fourth-order valence-electron chi connectivity index (χ4n) is 4.41. The number of carbonyl (C=O) groups excluding carboxylic acids is 3. The summed E-state index contributed by atoms with van der Waals surface area (Å²) in [6.45, 7) is 8.39. The van der Waals surface area contributed by atoms with E-state index in [1.807, 2.05) is 50.2 Å². The molecule has 0 unspecified atom stereocenters. The number of rotatable bonds is 8. The van der Waals surface area contributed by atoms with Crippen LogP contribution in [-0.4, -0.2) is 71.3 Å².